The van der Waals surface area contributed by atoms with Crippen molar-refractivity contribution in [1.82, 2.24) is 4.31 Å². The van der Waals surface area contributed by atoms with Crippen LogP contribution in [0.1, 0.15) is 16.1 Å². The number of ether oxygens (including phenoxy) is 1. The smallest absolute Gasteiger partial charge is 0.291 e. The van der Waals surface area contributed by atoms with Crippen LogP contribution < -0.4 is 10.1 Å². The van der Waals surface area contributed by atoms with Gasteiger partial charge in [0.15, 0.2) is 5.76 Å². The van der Waals surface area contributed by atoms with Crippen LogP contribution in [0, 0.1) is 0 Å². The highest BCUT2D eigenvalue weighted by atomic mass is 32.2. The summed E-state index contributed by atoms with van der Waals surface area (Å²) < 4.78 is 37.6. The molecule has 1 heterocycles. The topological polar surface area (TPSA) is 88.9 Å². The number of nitrogens with one attached hydrogen (secondary N) is 1. The van der Waals surface area contributed by atoms with Crippen molar-refractivity contribution in [3.63, 3.8) is 0 Å². The van der Waals surface area contributed by atoms with Crippen LogP contribution in [-0.2, 0) is 16.6 Å². The quantitative estimate of drug-likeness (QED) is 0.447. The second-order valence-electron chi connectivity index (χ2n) is 7.28. The molecule has 8 heteroatoms. The first-order chi connectivity index (χ1) is 15.4. The Balaban J connectivity index is 1.64. The number of hydrogen-bond donors (Lipinski definition) is 1. The van der Waals surface area contributed by atoms with Gasteiger partial charge in [-0.15, -0.1) is 0 Å². The fraction of sp³-hybridized carbons (Fsp3) is 0.125. The van der Waals surface area contributed by atoms with Gasteiger partial charge in [0.25, 0.3) is 5.91 Å². The predicted molar refractivity (Wildman–Crippen MR) is 122 cm³/mol. The summed E-state index contributed by atoms with van der Waals surface area (Å²) in [6, 6.07) is 22.7. The van der Waals surface area contributed by atoms with Gasteiger partial charge in [0.2, 0.25) is 10.0 Å². The number of carbonyl (C=O) groups is 1. The highest BCUT2D eigenvalue weighted by molar-refractivity contribution is 7.89. The second kappa shape index (κ2) is 8.86. The number of sulfonamides is 1. The molecular weight excluding hydrogens is 428 g/mol. The van der Waals surface area contributed by atoms with E-state index in [-0.39, 0.29) is 17.3 Å². The lowest BCUT2D eigenvalue weighted by atomic mass is 10.1. The molecule has 32 heavy (non-hydrogen) atoms. The van der Waals surface area contributed by atoms with E-state index < -0.39 is 15.9 Å². The summed E-state index contributed by atoms with van der Waals surface area (Å²) in [5, 5.41) is 3.51. The highest BCUT2D eigenvalue weighted by Crippen LogP contribution is 2.28. The van der Waals surface area contributed by atoms with Gasteiger partial charge in [-0.1, -0.05) is 42.5 Å². The van der Waals surface area contributed by atoms with E-state index in [1.165, 1.54) is 26.2 Å². The second-order valence-corrected chi connectivity index (χ2v) is 9.43. The minimum Gasteiger partial charge on any atom is -0.489 e. The van der Waals surface area contributed by atoms with Crippen molar-refractivity contribution < 1.29 is 22.4 Å². The molecule has 1 N–H and O–H groups in total. The van der Waals surface area contributed by atoms with E-state index in [1.54, 1.807) is 18.2 Å². The lowest BCUT2D eigenvalue weighted by Crippen LogP contribution is -2.22. The van der Waals surface area contributed by atoms with Gasteiger partial charge in [-0.2, -0.15) is 0 Å². The van der Waals surface area contributed by atoms with Crippen LogP contribution in [0.15, 0.2) is 88.2 Å². The van der Waals surface area contributed by atoms with Crippen molar-refractivity contribution in [2.75, 3.05) is 19.4 Å². The molecule has 0 bridgehead atoms. The van der Waals surface area contributed by atoms with Crippen LogP contribution in [0.4, 0.5) is 5.69 Å². The molecule has 0 unspecified atom stereocenters. The van der Waals surface area contributed by atoms with Crippen LogP contribution in [0.25, 0.3) is 11.0 Å². The molecule has 3 aromatic carbocycles. The standard InChI is InChI=1S/C24H22N2O5S/c1-26(2)32(28,29)19-12-8-9-17(15-19)25-24(27)23-21(16-30-18-10-4-3-5-11-18)20-13-6-7-14-22(20)31-23/h3-15H,16H2,1-2H3,(H,25,27). The number of para-hydroxylation sites is 2. The molecule has 1 aromatic heterocycles. The number of carbonyl (C=O) groups excluding carboxylic acids is 1. The average Bonchev–Trinajstić information content (AvgIpc) is 3.17. The summed E-state index contributed by atoms with van der Waals surface area (Å²) in [5.74, 6) is 0.293. The van der Waals surface area contributed by atoms with Gasteiger partial charge in [-0.3, -0.25) is 4.79 Å². The van der Waals surface area contributed by atoms with Crippen molar-refractivity contribution in [2.24, 2.45) is 0 Å². The number of rotatable bonds is 7. The fourth-order valence-corrected chi connectivity index (χ4v) is 4.18. The van der Waals surface area contributed by atoms with Crippen molar-refractivity contribution >= 4 is 32.6 Å². The van der Waals surface area contributed by atoms with Crippen molar-refractivity contribution in [2.45, 2.75) is 11.5 Å². The first kappa shape index (κ1) is 21.6. The number of nitrogens with zero attached hydrogens (tertiary/aromatic N) is 1. The average molecular weight is 451 g/mol. The molecule has 1 amide bonds. The molecule has 0 aliphatic carbocycles. The molecule has 7 nitrogen and oxygen atoms in total. The third kappa shape index (κ3) is 4.37. The SMILES string of the molecule is CN(C)S(=O)(=O)c1cccc(NC(=O)c2oc3ccccc3c2COc2ccccc2)c1. The van der Waals surface area contributed by atoms with E-state index in [0.29, 0.717) is 22.6 Å². The molecule has 0 radical (unpaired) electrons. The molecule has 0 atom stereocenters. The summed E-state index contributed by atoms with van der Waals surface area (Å²) >= 11 is 0. The Morgan fingerprint density at radius 2 is 1.69 bits per heavy atom. The van der Waals surface area contributed by atoms with Crippen LogP contribution in [-0.4, -0.2) is 32.7 Å². The lowest BCUT2D eigenvalue weighted by Gasteiger charge is -2.12. The van der Waals surface area contributed by atoms with Gasteiger partial charge >= 0.3 is 0 Å². The number of amides is 1. The summed E-state index contributed by atoms with van der Waals surface area (Å²) in [6.45, 7) is 0.138. The first-order valence-electron chi connectivity index (χ1n) is 9.88. The maximum Gasteiger partial charge on any atom is 0.291 e. The lowest BCUT2D eigenvalue weighted by molar-refractivity contribution is 0.0995. The molecule has 0 aliphatic rings. The van der Waals surface area contributed by atoms with Crippen LogP contribution >= 0.6 is 0 Å². The Morgan fingerprint density at radius 3 is 2.44 bits per heavy atom. The molecule has 0 fully saturated rings. The van der Waals surface area contributed by atoms with Gasteiger partial charge in [0, 0.05) is 30.7 Å². The Morgan fingerprint density at radius 1 is 0.969 bits per heavy atom. The summed E-state index contributed by atoms with van der Waals surface area (Å²) in [5.41, 5.74) is 1.51. The van der Waals surface area contributed by atoms with Crippen LogP contribution in [0.3, 0.4) is 0 Å². The Kier molecular flexibility index (Phi) is 5.98. The van der Waals surface area contributed by atoms with Gasteiger partial charge in [-0.05, 0) is 36.4 Å². The number of furan rings is 1. The molecule has 0 saturated carbocycles. The fourth-order valence-electron chi connectivity index (χ4n) is 3.23. The highest BCUT2D eigenvalue weighted by Gasteiger charge is 2.22. The van der Waals surface area contributed by atoms with Gasteiger partial charge in [0.05, 0.1) is 4.90 Å². The zero-order valence-corrected chi connectivity index (χ0v) is 18.4. The Labute approximate surface area is 186 Å². The number of anilines is 1. The Bertz CT molecular complexity index is 1360. The summed E-state index contributed by atoms with van der Waals surface area (Å²) in [4.78, 5) is 13.2. The zero-order valence-electron chi connectivity index (χ0n) is 17.6. The largest absolute Gasteiger partial charge is 0.489 e. The molecule has 0 saturated heterocycles. The van der Waals surface area contributed by atoms with E-state index in [1.807, 2.05) is 48.5 Å². The third-order valence-electron chi connectivity index (χ3n) is 4.90. The van der Waals surface area contributed by atoms with E-state index in [0.717, 1.165) is 9.69 Å². The van der Waals surface area contributed by atoms with Gasteiger partial charge in [-0.25, -0.2) is 12.7 Å². The minimum atomic E-state index is -3.63. The number of hydrogen-bond acceptors (Lipinski definition) is 5. The van der Waals surface area contributed by atoms with E-state index >= 15 is 0 Å². The van der Waals surface area contributed by atoms with E-state index in [2.05, 4.69) is 5.32 Å². The predicted octanol–water partition coefficient (Wildman–Crippen LogP) is 4.51. The normalized spacial score (nSPS) is 11.6. The maximum absolute atomic E-state index is 13.1. The molecular formula is C24H22N2O5S. The number of benzene rings is 3. The van der Waals surface area contributed by atoms with Crippen LogP contribution in [0.5, 0.6) is 5.75 Å². The van der Waals surface area contributed by atoms with Gasteiger partial charge in [0.1, 0.15) is 17.9 Å². The maximum atomic E-state index is 13.1. The van der Waals surface area contributed by atoms with Crippen molar-refractivity contribution in [1.29, 1.82) is 0 Å². The van der Waals surface area contributed by atoms with E-state index in [9.17, 15) is 13.2 Å². The molecule has 4 aromatic rings. The van der Waals surface area contributed by atoms with Crippen molar-refractivity contribution in [3.05, 3.63) is 90.2 Å². The number of fused-ring (bicyclic) bond motifs is 1. The zero-order chi connectivity index (χ0) is 22.7. The first-order valence-corrected chi connectivity index (χ1v) is 11.3. The molecule has 0 aliphatic heterocycles. The Hall–Kier alpha value is -3.62. The minimum absolute atomic E-state index is 0.0811. The van der Waals surface area contributed by atoms with Crippen LogP contribution in [0.2, 0.25) is 0 Å². The monoisotopic (exact) mass is 450 g/mol. The molecule has 0 spiro atoms. The van der Waals surface area contributed by atoms with Crippen molar-refractivity contribution in [3.8, 4) is 5.75 Å². The summed E-state index contributed by atoms with van der Waals surface area (Å²) in [7, 11) is -0.724. The molecule has 4 rings (SSSR count). The van der Waals surface area contributed by atoms with E-state index in [4.69, 9.17) is 9.15 Å². The summed E-state index contributed by atoms with van der Waals surface area (Å²) in [6.07, 6.45) is 0. The molecule has 164 valence electrons. The third-order valence-corrected chi connectivity index (χ3v) is 6.71. The van der Waals surface area contributed by atoms with Gasteiger partial charge < -0.3 is 14.5 Å².